The number of hydrogen-bond donors (Lipinski definition) is 0. The van der Waals surface area contributed by atoms with Crippen molar-refractivity contribution < 1.29 is 37.2 Å². The molecule has 1 aliphatic heterocycles. The van der Waals surface area contributed by atoms with Gasteiger partial charge in [-0.25, -0.2) is 0 Å². The topological polar surface area (TPSA) is 76.3 Å². The molecule has 4 atom stereocenters. The van der Waals surface area contributed by atoms with Crippen LogP contribution < -0.4 is 0 Å². The van der Waals surface area contributed by atoms with Crippen LogP contribution in [0, 0.1) is 11.3 Å². The number of ether oxygens (including phenoxy) is 1. The maximum atomic E-state index is 8.74. The van der Waals surface area contributed by atoms with Gasteiger partial charge in [0, 0.05) is 0 Å². The predicted octanol–water partition coefficient (Wildman–Crippen LogP) is 3.10. The van der Waals surface area contributed by atoms with Crippen molar-refractivity contribution >= 4 is 8.53 Å². The van der Waals surface area contributed by atoms with Crippen molar-refractivity contribution in [1.29, 1.82) is 5.26 Å². The van der Waals surface area contributed by atoms with E-state index in [0.29, 0.717) is 19.4 Å². The monoisotopic (exact) mass is 384 g/mol. The SMILES string of the molecule is [3H]C1CC(OP(OCCC#N)N(C(C)C)C(C)C)C(CO[N]=[V])O1. The Hall–Kier alpha value is 0.104. The summed E-state index contributed by atoms with van der Waals surface area (Å²) in [5.41, 5.74) is 0. The summed E-state index contributed by atoms with van der Waals surface area (Å²) >= 11 is 1.99. The summed E-state index contributed by atoms with van der Waals surface area (Å²) in [6.07, 6.45) is 0.117. The standard InChI is InChI=1S/C14H26N3O4P.V/c1-11(2)17(12(3)4)22(20-8-5-7-15)21-13-6-9-18-14(13)10-19-16;/h11-14H,5-6,8-10H2,1-4H3;/i9T;. The molecule has 1 aliphatic rings. The van der Waals surface area contributed by atoms with Crippen LogP contribution in [-0.2, 0) is 35.9 Å². The van der Waals surface area contributed by atoms with Crippen molar-refractivity contribution in [2.24, 2.45) is 3.95 Å². The zero-order chi connectivity index (χ0) is 18.1. The normalized spacial score (nSPS) is 26.5. The molecule has 1 saturated heterocycles. The van der Waals surface area contributed by atoms with Gasteiger partial charge in [-0.05, 0) is 0 Å². The number of nitrogens with zero attached hydrogens (tertiary/aromatic N) is 3. The van der Waals surface area contributed by atoms with Gasteiger partial charge in [0.1, 0.15) is 0 Å². The molecule has 0 aromatic rings. The molecule has 0 N–H and O–H groups in total. The summed E-state index contributed by atoms with van der Waals surface area (Å²) in [5.74, 6) is 0. The molecule has 1 heterocycles. The van der Waals surface area contributed by atoms with E-state index in [0.717, 1.165) is 0 Å². The molecule has 0 amide bonds. The molecule has 0 aliphatic carbocycles. The van der Waals surface area contributed by atoms with Crippen molar-refractivity contribution in [3.05, 3.63) is 0 Å². The van der Waals surface area contributed by atoms with Crippen molar-refractivity contribution in [3.8, 4) is 6.07 Å². The Labute approximate surface area is 150 Å². The van der Waals surface area contributed by atoms with Crippen LogP contribution in [0.2, 0.25) is 0 Å². The molecule has 23 heavy (non-hydrogen) atoms. The summed E-state index contributed by atoms with van der Waals surface area (Å²) in [4.78, 5) is 5.05. The fraction of sp³-hybridized carbons (Fsp3) is 0.929. The quantitative estimate of drug-likeness (QED) is 0.310. The molecule has 4 unspecified atom stereocenters. The van der Waals surface area contributed by atoms with Crippen LogP contribution in [0.25, 0.3) is 0 Å². The van der Waals surface area contributed by atoms with E-state index in [1.54, 1.807) is 0 Å². The van der Waals surface area contributed by atoms with Crippen molar-refractivity contribution in [3.63, 3.8) is 0 Å². The van der Waals surface area contributed by atoms with Crippen LogP contribution in [0.3, 0.4) is 0 Å². The van der Waals surface area contributed by atoms with Crippen molar-refractivity contribution in [2.45, 2.75) is 64.8 Å². The molecule has 0 bridgehead atoms. The van der Waals surface area contributed by atoms with Crippen LogP contribution in [-0.4, -0.2) is 48.8 Å². The van der Waals surface area contributed by atoms with Gasteiger partial charge in [0.15, 0.2) is 0 Å². The van der Waals surface area contributed by atoms with Crippen molar-refractivity contribution in [1.82, 2.24) is 4.67 Å². The Morgan fingerprint density at radius 1 is 1.48 bits per heavy atom. The summed E-state index contributed by atoms with van der Waals surface area (Å²) < 4.78 is 31.2. The molecule has 0 aromatic carbocycles. The second kappa shape index (κ2) is 11.6. The van der Waals surface area contributed by atoms with Crippen LogP contribution in [0.1, 0.15) is 41.9 Å². The molecule has 0 aromatic heterocycles. The molecule has 7 nitrogen and oxygen atoms in total. The number of hydrogen-bond acceptors (Lipinski definition) is 7. The van der Waals surface area contributed by atoms with Gasteiger partial charge in [-0.3, -0.25) is 0 Å². The molecule has 9 heteroatoms. The predicted molar refractivity (Wildman–Crippen MR) is 82.8 cm³/mol. The Morgan fingerprint density at radius 3 is 2.74 bits per heavy atom. The van der Waals surface area contributed by atoms with E-state index in [9.17, 15) is 0 Å². The molecule has 1 rings (SSSR count). The molecule has 0 saturated carbocycles. The minimum atomic E-state index is -1.36. The third kappa shape index (κ3) is 7.25. The summed E-state index contributed by atoms with van der Waals surface area (Å²) in [6, 6.07) is 2.53. The second-order valence-corrected chi connectivity index (χ2v) is 7.31. The van der Waals surface area contributed by atoms with Gasteiger partial charge in [-0.1, -0.05) is 0 Å². The Kier molecular flexibility index (Phi) is 9.82. The Balaban J connectivity index is 2.81. The Morgan fingerprint density at radius 2 is 2.17 bits per heavy atom. The Bertz CT molecular complexity index is 419. The fourth-order valence-electron chi connectivity index (χ4n) is 2.29. The molecule has 131 valence electrons. The van der Waals surface area contributed by atoms with E-state index in [2.05, 4.69) is 42.4 Å². The van der Waals surface area contributed by atoms with E-state index in [1.807, 2.05) is 17.2 Å². The first-order chi connectivity index (χ1) is 11.4. The van der Waals surface area contributed by atoms with E-state index in [4.69, 9.17) is 25.3 Å². The first-order valence-electron chi connectivity index (χ1n) is 8.27. The summed E-state index contributed by atoms with van der Waals surface area (Å²) in [5, 5.41) is 8.74. The van der Waals surface area contributed by atoms with Gasteiger partial charge in [0.05, 0.1) is 0 Å². The van der Waals surface area contributed by atoms with Crippen molar-refractivity contribution in [2.75, 3.05) is 19.8 Å². The third-order valence-corrected chi connectivity index (χ3v) is 5.53. The number of rotatable bonds is 11. The van der Waals surface area contributed by atoms with Gasteiger partial charge >= 0.3 is 150 Å². The average Bonchev–Trinajstić information content (AvgIpc) is 2.84. The number of nitriles is 1. The van der Waals surface area contributed by atoms with Gasteiger partial charge in [0.2, 0.25) is 0 Å². The zero-order valence-corrected chi connectivity index (χ0v) is 16.4. The van der Waals surface area contributed by atoms with Gasteiger partial charge in [-0.15, -0.1) is 0 Å². The van der Waals surface area contributed by atoms with Gasteiger partial charge in [0.25, 0.3) is 0 Å². The van der Waals surface area contributed by atoms with E-state index in [1.165, 1.54) is 0 Å². The zero-order valence-electron chi connectivity index (χ0n) is 15.1. The van der Waals surface area contributed by atoms with Crippen LogP contribution in [0.4, 0.5) is 0 Å². The molecule has 0 spiro atoms. The minimum absolute atomic E-state index is 0.227. The first-order valence-corrected chi connectivity index (χ1v) is 9.45. The second-order valence-electron chi connectivity index (χ2n) is 5.64. The van der Waals surface area contributed by atoms with E-state index < -0.39 is 15.1 Å². The first kappa shape index (κ1) is 19.4. The van der Waals surface area contributed by atoms with Gasteiger partial charge < -0.3 is 0 Å². The summed E-state index contributed by atoms with van der Waals surface area (Å²) in [6.45, 7) is 8.24. The molecular formula is C14H26N3O4PV. The molecule has 0 radical (unpaired) electrons. The van der Waals surface area contributed by atoms with E-state index in [-0.39, 0.29) is 30.9 Å². The summed E-state index contributed by atoms with van der Waals surface area (Å²) in [7, 11) is -1.36. The third-order valence-electron chi connectivity index (χ3n) is 3.20. The average molecular weight is 384 g/mol. The van der Waals surface area contributed by atoms with Crippen LogP contribution in [0.5, 0.6) is 0 Å². The van der Waals surface area contributed by atoms with E-state index >= 15 is 0 Å². The van der Waals surface area contributed by atoms with Crippen LogP contribution >= 0.6 is 8.53 Å². The van der Waals surface area contributed by atoms with Gasteiger partial charge in [-0.2, -0.15) is 0 Å². The molecular weight excluding hydrogens is 356 g/mol. The maximum absolute atomic E-state index is 8.74. The molecule has 1 fully saturated rings. The fourth-order valence-corrected chi connectivity index (χ4v) is 4.15. The van der Waals surface area contributed by atoms with Crippen LogP contribution in [0.15, 0.2) is 3.95 Å².